The van der Waals surface area contributed by atoms with Crippen LogP contribution in [0.2, 0.25) is 0 Å². The van der Waals surface area contributed by atoms with E-state index in [9.17, 15) is 17.6 Å². The third-order valence-electron chi connectivity index (χ3n) is 2.13. The van der Waals surface area contributed by atoms with Crippen LogP contribution in [0.1, 0.15) is 12.5 Å². The number of hydrogen-bond acceptors (Lipinski definition) is 5. The Balaban J connectivity index is 2.98. The highest BCUT2D eigenvalue weighted by Gasteiger charge is 2.19. The Bertz CT molecular complexity index is 631. The molecule has 3 N–H and O–H groups in total. The van der Waals surface area contributed by atoms with Crippen molar-refractivity contribution >= 4 is 38.9 Å². The number of nitrogens with one attached hydrogen (secondary N) is 1. The number of thiocarbonyl (C=S) groups is 1. The molecule has 0 atom stereocenters. The van der Waals surface area contributed by atoms with Crippen LogP contribution in [-0.2, 0) is 19.6 Å². The molecule has 20 heavy (non-hydrogen) atoms. The van der Waals surface area contributed by atoms with Gasteiger partial charge in [0.1, 0.15) is 10.8 Å². The lowest BCUT2D eigenvalue weighted by atomic mass is 10.2. The van der Waals surface area contributed by atoms with Crippen molar-refractivity contribution in [3.8, 4) is 0 Å². The van der Waals surface area contributed by atoms with Gasteiger partial charge in [0.2, 0.25) is 10.0 Å². The fourth-order valence-electron chi connectivity index (χ4n) is 1.37. The lowest BCUT2D eigenvalue weighted by Crippen LogP contribution is -2.25. The van der Waals surface area contributed by atoms with Gasteiger partial charge in [0, 0.05) is 5.56 Å². The molecule has 0 aliphatic heterocycles. The van der Waals surface area contributed by atoms with Crippen LogP contribution in [0, 0.1) is 5.82 Å². The Morgan fingerprint density at radius 1 is 1.50 bits per heavy atom. The first kappa shape index (κ1) is 16.3. The summed E-state index contributed by atoms with van der Waals surface area (Å²) in [6.45, 7) is 1.63. The highest BCUT2D eigenvalue weighted by molar-refractivity contribution is 7.93. The normalized spacial score (nSPS) is 10.9. The van der Waals surface area contributed by atoms with E-state index >= 15 is 0 Å². The van der Waals surface area contributed by atoms with Crippen molar-refractivity contribution in [2.75, 3.05) is 17.1 Å². The summed E-state index contributed by atoms with van der Waals surface area (Å²) < 4.78 is 43.3. The number of benzene rings is 1. The van der Waals surface area contributed by atoms with E-state index in [-0.39, 0.29) is 22.8 Å². The third-order valence-corrected chi connectivity index (χ3v) is 3.49. The maximum Gasteiger partial charge on any atom is 0.323 e. The molecule has 0 aromatic heterocycles. The van der Waals surface area contributed by atoms with Gasteiger partial charge in [-0.15, -0.1) is 0 Å². The van der Waals surface area contributed by atoms with Crippen LogP contribution < -0.4 is 10.5 Å². The molecule has 0 spiro atoms. The Morgan fingerprint density at radius 2 is 2.15 bits per heavy atom. The van der Waals surface area contributed by atoms with Gasteiger partial charge in [0.05, 0.1) is 12.3 Å². The van der Waals surface area contributed by atoms with Crippen LogP contribution in [0.15, 0.2) is 18.2 Å². The second kappa shape index (κ2) is 6.62. The number of esters is 1. The molecular formula is C11H13FN2O4S2. The largest absolute Gasteiger partial charge is 0.465 e. The summed E-state index contributed by atoms with van der Waals surface area (Å²) in [6, 6.07) is 3.22. The minimum Gasteiger partial charge on any atom is -0.465 e. The molecular weight excluding hydrogens is 307 g/mol. The van der Waals surface area contributed by atoms with Gasteiger partial charge in [-0.05, 0) is 25.1 Å². The van der Waals surface area contributed by atoms with Gasteiger partial charge in [0.15, 0.2) is 5.75 Å². The standard InChI is InChI=1S/C11H13FN2O4S2/c1-2-18-10(15)6-20(16,17)14-9-4-3-7(12)5-8(9)11(13)19/h3-5,14H,2,6H2,1H3,(H2,13,19). The van der Waals surface area contributed by atoms with Crippen molar-refractivity contribution in [3.05, 3.63) is 29.6 Å². The van der Waals surface area contributed by atoms with Crippen LogP contribution in [0.4, 0.5) is 10.1 Å². The number of carbonyl (C=O) groups is 1. The number of sulfonamides is 1. The second-order valence-corrected chi connectivity index (χ2v) is 5.88. The number of ether oxygens (including phenoxy) is 1. The second-order valence-electron chi connectivity index (χ2n) is 3.72. The highest BCUT2D eigenvalue weighted by Crippen LogP contribution is 2.18. The fraction of sp³-hybridized carbons (Fsp3) is 0.273. The number of hydrogen-bond donors (Lipinski definition) is 2. The summed E-state index contributed by atoms with van der Waals surface area (Å²) in [7, 11) is -3.99. The first-order chi connectivity index (χ1) is 9.25. The van der Waals surface area contributed by atoms with Gasteiger partial charge in [-0.2, -0.15) is 0 Å². The Labute approximate surface area is 121 Å². The van der Waals surface area contributed by atoms with Gasteiger partial charge < -0.3 is 10.5 Å². The monoisotopic (exact) mass is 320 g/mol. The molecule has 0 aliphatic rings. The fourth-order valence-corrected chi connectivity index (χ4v) is 2.52. The van der Waals surface area contributed by atoms with Crippen molar-refractivity contribution in [1.82, 2.24) is 0 Å². The SMILES string of the molecule is CCOC(=O)CS(=O)(=O)Nc1ccc(F)cc1C(N)=S. The van der Waals surface area contributed by atoms with Gasteiger partial charge in [-0.25, -0.2) is 12.8 Å². The summed E-state index contributed by atoms with van der Waals surface area (Å²) in [5.41, 5.74) is 5.43. The Morgan fingerprint density at radius 3 is 2.70 bits per heavy atom. The maximum absolute atomic E-state index is 13.1. The quantitative estimate of drug-likeness (QED) is 0.593. The number of nitrogens with two attached hydrogens (primary N) is 1. The van der Waals surface area contributed by atoms with E-state index in [4.69, 9.17) is 18.0 Å². The first-order valence-electron chi connectivity index (χ1n) is 5.50. The first-order valence-corrected chi connectivity index (χ1v) is 7.56. The molecule has 0 amide bonds. The molecule has 110 valence electrons. The van der Waals surface area contributed by atoms with E-state index in [1.54, 1.807) is 6.92 Å². The van der Waals surface area contributed by atoms with Gasteiger partial charge in [-0.3, -0.25) is 9.52 Å². The molecule has 6 nitrogen and oxygen atoms in total. The van der Waals surface area contributed by atoms with E-state index in [1.807, 2.05) is 0 Å². The summed E-state index contributed by atoms with van der Waals surface area (Å²) in [4.78, 5) is 11.0. The predicted molar refractivity (Wildman–Crippen MR) is 76.3 cm³/mol. The molecule has 0 unspecified atom stereocenters. The van der Waals surface area contributed by atoms with Crippen molar-refractivity contribution < 1.29 is 22.3 Å². The zero-order valence-electron chi connectivity index (χ0n) is 10.6. The Kier molecular flexibility index (Phi) is 5.40. The topological polar surface area (TPSA) is 98.5 Å². The van der Waals surface area contributed by atoms with Crippen LogP contribution in [0.5, 0.6) is 0 Å². The van der Waals surface area contributed by atoms with E-state index in [1.165, 1.54) is 6.07 Å². The van der Waals surface area contributed by atoms with Crippen LogP contribution in [-0.4, -0.2) is 31.7 Å². The average Bonchev–Trinajstić information content (AvgIpc) is 2.30. The number of anilines is 1. The molecule has 1 aromatic rings. The molecule has 0 fully saturated rings. The molecule has 0 bridgehead atoms. The van der Waals surface area contributed by atoms with Crippen molar-refractivity contribution in [2.24, 2.45) is 5.73 Å². The maximum atomic E-state index is 13.1. The highest BCUT2D eigenvalue weighted by atomic mass is 32.2. The number of carbonyl (C=O) groups excluding carboxylic acids is 1. The minimum atomic E-state index is -3.99. The van der Waals surface area contributed by atoms with Gasteiger partial charge in [-0.1, -0.05) is 12.2 Å². The molecule has 9 heteroatoms. The van der Waals surface area contributed by atoms with E-state index in [2.05, 4.69) is 9.46 Å². The van der Waals surface area contributed by atoms with Crippen molar-refractivity contribution in [2.45, 2.75) is 6.92 Å². The Hall–Kier alpha value is -1.74. The lowest BCUT2D eigenvalue weighted by molar-refractivity contribution is -0.139. The van der Waals surface area contributed by atoms with Crippen LogP contribution >= 0.6 is 12.2 Å². The van der Waals surface area contributed by atoms with Crippen molar-refractivity contribution in [3.63, 3.8) is 0 Å². The molecule has 0 saturated carbocycles. The predicted octanol–water partition coefficient (Wildman–Crippen LogP) is 0.765. The van der Waals surface area contributed by atoms with Gasteiger partial charge >= 0.3 is 5.97 Å². The zero-order chi connectivity index (χ0) is 15.3. The third kappa shape index (κ3) is 4.74. The van der Waals surface area contributed by atoms with Crippen LogP contribution in [0.3, 0.4) is 0 Å². The van der Waals surface area contributed by atoms with E-state index < -0.39 is 27.6 Å². The summed E-state index contributed by atoms with van der Waals surface area (Å²) in [5.74, 6) is -2.35. The van der Waals surface area contributed by atoms with E-state index in [0.29, 0.717) is 0 Å². The van der Waals surface area contributed by atoms with E-state index in [0.717, 1.165) is 12.1 Å². The van der Waals surface area contributed by atoms with Crippen molar-refractivity contribution in [1.29, 1.82) is 0 Å². The summed E-state index contributed by atoms with van der Waals surface area (Å²) in [5, 5.41) is 0. The molecule has 0 aliphatic carbocycles. The molecule has 1 aromatic carbocycles. The van der Waals surface area contributed by atoms with Crippen LogP contribution in [0.25, 0.3) is 0 Å². The zero-order valence-corrected chi connectivity index (χ0v) is 12.2. The number of rotatable bonds is 6. The molecule has 0 heterocycles. The average molecular weight is 320 g/mol. The summed E-state index contributed by atoms with van der Waals surface area (Å²) in [6.07, 6.45) is 0. The number of halogens is 1. The summed E-state index contributed by atoms with van der Waals surface area (Å²) >= 11 is 4.71. The molecule has 0 saturated heterocycles. The lowest BCUT2D eigenvalue weighted by Gasteiger charge is -2.11. The molecule has 0 radical (unpaired) electrons. The minimum absolute atomic E-state index is 0.00296. The molecule has 1 rings (SSSR count). The van der Waals surface area contributed by atoms with Gasteiger partial charge in [0.25, 0.3) is 0 Å². The smallest absolute Gasteiger partial charge is 0.323 e.